The van der Waals surface area contributed by atoms with Crippen LogP contribution < -0.4 is 9.88 Å². The number of aromatic amines is 1. The summed E-state index contributed by atoms with van der Waals surface area (Å²) < 4.78 is 1.06. The van der Waals surface area contributed by atoms with Crippen LogP contribution in [0.2, 0.25) is 5.02 Å². The Kier molecular flexibility index (Phi) is 4.12. The number of rotatable bonds is 2. The van der Waals surface area contributed by atoms with Crippen LogP contribution in [0.4, 0.5) is 5.82 Å². The van der Waals surface area contributed by atoms with Gasteiger partial charge in [0.05, 0.1) is 24.3 Å². The minimum Gasteiger partial charge on any atom is -0.330 e. The highest BCUT2D eigenvalue weighted by Gasteiger charge is 2.29. The summed E-state index contributed by atoms with van der Waals surface area (Å²) in [5.41, 5.74) is 0. The number of H-pyrrole nitrogens is 1. The first-order chi connectivity index (χ1) is 11.7. The summed E-state index contributed by atoms with van der Waals surface area (Å²) in [7, 11) is 0. The second kappa shape index (κ2) is 6.42. The lowest BCUT2D eigenvalue weighted by molar-refractivity contribution is -0.364. The predicted octanol–water partition coefficient (Wildman–Crippen LogP) is 3.33. The molecule has 6 heteroatoms. The van der Waals surface area contributed by atoms with E-state index >= 15 is 0 Å². The minimum absolute atomic E-state index is 0.0397. The fourth-order valence-electron chi connectivity index (χ4n) is 3.03. The van der Waals surface area contributed by atoms with E-state index in [0.29, 0.717) is 23.0 Å². The van der Waals surface area contributed by atoms with Gasteiger partial charge in [-0.25, -0.2) is 4.98 Å². The topological polar surface area (TPSA) is 37.7 Å². The van der Waals surface area contributed by atoms with Crippen molar-refractivity contribution in [2.75, 3.05) is 31.1 Å². The molecule has 24 heavy (non-hydrogen) atoms. The number of aromatic nitrogens is 1. The summed E-state index contributed by atoms with van der Waals surface area (Å²) in [5, 5.41) is 1.55. The molecule has 2 aromatic heterocycles. The Morgan fingerprint density at radius 1 is 1.04 bits per heavy atom. The molecule has 0 saturated carbocycles. The molecular formula is C18H17ClN3OS+. The third-order valence-corrected chi connectivity index (χ3v) is 5.99. The molecule has 1 aliphatic heterocycles. The number of fused-ring (bicyclic) bond motifs is 1. The molecule has 1 aromatic carbocycles. The third-order valence-electron chi connectivity index (χ3n) is 4.33. The van der Waals surface area contributed by atoms with Gasteiger partial charge in [0.1, 0.15) is 18.0 Å². The van der Waals surface area contributed by atoms with Gasteiger partial charge in [-0.1, -0.05) is 35.9 Å². The molecule has 1 aliphatic rings. The maximum absolute atomic E-state index is 12.9. The van der Waals surface area contributed by atoms with Gasteiger partial charge in [-0.3, -0.25) is 9.69 Å². The van der Waals surface area contributed by atoms with E-state index in [9.17, 15) is 4.79 Å². The molecule has 1 saturated heterocycles. The number of nitrogens with one attached hydrogen (secondary N) is 1. The molecule has 0 atom stereocenters. The normalized spacial score (nSPS) is 15.0. The molecule has 4 rings (SSSR count). The molecule has 1 amide bonds. The number of carbonyl (C=O) groups excluding carboxylic acids is 1. The Morgan fingerprint density at radius 2 is 1.79 bits per heavy atom. The first-order valence-corrected chi connectivity index (χ1v) is 9.11. The van der Waals surface area contributed by atoms with Crippen LogP contribution in [0, 0.1) is 0 Å². The molecule has 122 valence electrons. The molecule has 0 radical (unpaired) electrons. The maximum Gasteiger partial charge on any atom is 0.274 e. The van der Waals surface area contributed by atoms with Gasteiger partial charge < -0.3 is 4.90 Å². The average molecular weight is 359 g/mol. The lowest BCUT2D eigenvalue weighted by Crippen LogP contribution is -2.49. The molecule has 1 N–H and O–H groups in total. The summed E-state index contributed by atoms with van der Waals surface area (Å²) in [4.78, 5) is 20.9. The second-order valence-electron chi connectivity index (χ2n) is 5.77. The largest absolute Gasteiger partial charge is 0.330 e. The highest BCUT2D eigenvalue weighted by Crippen LogP contribution is 2.36. The average Bonchev–Trinajstić information content (AvgIpc) is 2.99. The van der Waals surface area contributed by atoms with E-state index in [1.165, 1.54) is 11.3 Å². The Balaban J connectivity index is 1.51. The smallest absolute Gasteiger partial charge is 0.274 e. The molecule has 0 bridgehead atoms. The number of nitrogens with zero attached hydrogens (tertiary/aromatic N) is 2. The van der Waals surface area contributed by atoms with E-state index in [1.54, 1.807) is 0 Å². The van der Waals surface area contributed by atoms with Gasteiger partial charge in [-0.2, -0.15) is 0 Å². The summed E-state index contributed by atoms with van der Waals surface area (Å²) in [5.74, 6) is 1.13. The summed E-state index contributed by atoms with van der Waals surface area (Å²) in [6.07, 6.45) is 1.92. The minimum atomic E-state index is 0.0397. The van der Waals surface area contributed by atoms with Gasteiger partial charge in [0, 0.05) is 16.2 Å². The van der Waals surface area contributed by atoms with Crippen molar-refractivity contribution in [2.24, 2.45) is 0 Å². The maximum atomic E-state index is 12.9. The molecule has 3 aromatic rings. The standard InChI is InChI=1S/C18H16ClN3OS/c19-16-13-5-1-2-6-14(13)24-17(16)18(23)22-11-9-21(10-12-22)15-7-3-4-8-20-15/h1-8H,9-12H2/p+1. The van der Waals surface area contributed by atoms with Crippen molar-refractivity contribution < 1.29 is 9.78 Å². The van der Waals surface area contributed by atoms with Crippen LogP contribution >= 0.6 is 22.9 Å². The quantitative estimate of drug-likeness (QED) is 0.704. The van der Waals surface area contributed by atoms with Crippen molar-refractivity contribution in [3.05, 3.63) is 58.6 Å². The van der Waals surface area contributed by atoms with E-state index in [2.05, 4.69) is 16.0 Å². The Hall–Kier alpha value is -2.11. The van der Waals surface area contributed by atoms with Crippen molar-refractivity contribution in [1.29, 1.82) is 0 Å². The predicted molar refractivity (Wildman–Crippen MR) is 97.9 cm³/mol. The van der Waals surface area contributed by atoms with Gasteiger partial charge in [0.2, 0.25) is 0 Å². The lowest BCUT2D eigenvalue weighted by Gasteiger charge is -2.30. The van der Waals surface area contributed by atoms with Crippen LogP contribution in [0.15, 0.2) is 48.7 Å². The van der Waals surface area contributed by atoms with Crippen molar-refractivity contribution in [2.45, 2.75) is 0 Å². The Labute approximate surface area is 149 Å². The SMILES string of the molecule is O=C(c1sc2ccccc2c1Cl)N1CCN(c2cccc[nH+]2)CC1. The van der Waals surface area contributed by atoms with Crippen molar-refractivity contribution in [3.63, 3.8) is 0 Å². The monoisotopic (exact) mass is 358 g/mol. The van der Waals surface area contributed by atoms with Gasteiger partial charge in [-0.05, 0) is 12.1 Å². The number of carbonyl (C=O) groups is 1. The number of halogens is 1. The summed E-state index contributed by atoms with van der Waals surface area (Å²) in [6.45, 7) is 3.03. The van der Waals surface area contributed by atoms with Gasteiger partial charge in [0.25, 0.3) is 11.7 Å². The fraction of sp³-hybridized carbons (Fsp3) is 0.222. The molecule has 1 fully saturated rings. The first kappa shape index (κ1) is 15.4. The molecular weight excluding hydrogens is 342 g/mol. The summed E-state index contributed by atoms with van der Waals surface area (Å²) in [6, 6.07) is 13.9. The van der Waals surface area contributed by atoms with E-state index in [0.717, 1.165) is 29.0 Å². The molecule has 0 unspecified atom stereocenters. The van der Waals surface area contributed by atoms with Crippen LogP contribution in [0.3, 0.4) is 0 Å². The van der Waals surface area contributed by atoms with Crippen LogP contribution in [0.1, 0.15) is 9.67 Å². The zero-order valence-corrected chi connectivity index (χ0v) is 14.6. The van der Waals surface area contributed by atoms with E-state index in [4.69, 9.17) is 11.6 Å². The second-order valence-corrected chi connectivity index (χ2v) is 7.20. The number of thiophene rings is 1. The van der Waals surface area contributed by atoms with E-state index in [1.807, 2.05) is 47.5 Å². The van der Waals surface area contributed by atoms with Gasteiger partial charge in [-0.15, -0.1) is 11.3 Å². The highest BCUT2D eigenvalue weighted by molar-refractivity contribution is 7.21. The first-order valence-electron chi connectivity index (χ1n) is 7.92. The van der Waals surface area contributed by atoms with Crippen molar-refractivity contribution >= 4 is 44.7 Å². The Bertz CT molecular complexity index is 872. The lowest BCUT2D eigenvalue weighted by atomic mass is 10.2. The third kappa shape index (κ3) is 2.74. The number of amides is 1. The van der Waals surface area contributed by atoms with Crippen LogP contribution in [0.25, 0.3) is 10.1 Å². The molecule has 3 heterocycles. The number of anilines is 1. The van der Waals surface area contributed by atoms with Crippen molar-refractivity contribution in [3.8, 4) is 0 Å². The molecule has 0 aliphatic carbocycles. The molecule has 0 spiro atoms. The number of pyridine rings is 1. The van der Waals surface area contributed by atoms with E-state index < -0.39 is 0 Å². The zero-order valence-electron chi connectivity index (χ0n) is 13.0. The number of piperazine rings is 1. The van der Waals surface area contributed by atoms with Gasteiger partial charge in [0.15, 0.2) is 0 Å². The van der Waals surface area contributed by atoms with Crippen molar-refractivity contribution in [1.82, 2.24) is 4.90 Å². The zero-order chi connectivity index (χ0) is 16.5. The number of hydrogen-bond donors (Lipinski definition) is 0. The van der Waals surface area contributed by atoms with Gasteiger partial charge >= 0.3 is 0 Å². The molecule has 4 nitrogen and oxygen atoms in total. The van der Waals surface area contributed by atoms with E-state index in [-0.39, 0.29) is 5.91 Å². The highest BCUT2D eigenvalue weighted by atomic mass is 35.5. The van der Waals surface area contributed by atoms with Crippen LogP contribution in [-0.2, 0) is 0 Å². The summed E-state index contributed by atoms with van der Waals surface area (Å²) >= 11 is 7.92. The van der Waals surface area contributed by atoms with Crippen LogP contribution in [0.5, 0.6) is 0 Å². The number of hydrogen-bond acceptors (Lipinski definition) is 3. The fourth-order valence-corrected chi connectivity index (χ4v) is 4.51. The Morgan fingerprint density at radius 3 is 2.50 bits per heavy atom. The van der Waals surface area contributed by atoms with Crippen LogP contribution in [-0.4, -0.2) is 37.0 Å². The number of benzene rings is 1.